The van der Waals surface area contributed by atoms with Crippen molar-refractivity contribution in [1.29, 1.82) is 0 Å². The zero-order valence-electron chi connectivity index (χ0n) is 10.4. The molecule has 18 heavy (non-hydrogen) atoms. The molecule has 0 radical (unpaired) electrons. The number of thiocarbonyl (C=S) groups is 1. The van der Waals surface area contributed by atoms with Crippen molar-refractivity contribution in [3.05, 3.63) is 34.3 Å². The van der Waals surface area contributed by atoms with Gasteiger partial charge in [0.1, 0.15) is 4.99 Å². The first-order valence-corrected chi connectivity index (χ1v) is 6.73. The van der Waals surface area contributed by atoms with E-state index in [1.54, 1.807) is 0 Å². The maximum atomic E-state index is 6.25. The van der Waals surface area contributed by atoms with Gasteiger partial charge in [-0.2, -0.15) is 0 Å². The molecule has 98 valence electrons. The molecule has 5 heteroatoms. The number of nitrogens with two attached hydrogens (primary N) is 1. The lowest BCUT2D eigenvalue weighted by Crippen LogP contribution is -2.31. The van der Waals surface area contributed by atoms with Crippen LogP contribution >= 0.6 is 23.8 Å². The largest absolute Gasteiger partial charge is 0.389 e. The highest BCUT2D eigenvalue weighted by atomic mass is 35.5. The summed E-state index contributed by atoms with van der Waals surface area (Å²) in [6, 6.07) is 6.22. The predicted molar refractivity (Wildman–Crippen MR) is 78.0 cm³/mol. The molecule has 2 N–H and O–H groups in total. The number of benzene rings is 1. The van der Waals surface area contributed by atoms with E-state index in [-0.39, 0.29) is 0 Å². The summed E-state index contributed by atoms with van der Waals surface area (Å²) in [7, 11) is 2.09. The smallest absolute Gasteiger partial charge is 0.104 e. The lowest BCUT2D eigenvalue weighted by molar-refractivity contribution is 0.156. The highest BCUT2D eigenvalue weighted by Gasteiger charge is 2.20. The van der Waals surface area contributed by atoms with E-state index in [2.05, 4.69) is 11.9 Å². The number of rotatable bonds is 4. The Morgan fingerprint density at radius 2 is 2.39 bits per heavy atom. The van der Waals surface area contributed by atoms with Gasteiger partial charge in [-0.05, 0) is 25.1 Å². The Morgan fingerprint density at radius 3 is 2.94 bits per heavy atom. The molecule has 1 aliphatic heterocycles. The molecule has 0 aliphatic carbocycles. The third-order valence-electron chi connectivity index (χ3n) is 3.29. The fraction of sp³-hybridized carbons (Fsp3) is 0.462. The summed E-state index contributed by atoms with van der Waals surface area (Å²) < 4.78 is 5.39. The van der Waals surface area contributed by atoms with E-state index >= 15 is 0 Å². The maximum absolute atomic E-state index is 6.25. The average Bonchev–Trinajstić information content (AvgIpc) is 2.85. The molecule has 2 rings (SSSR count). The van der Waals surface area contributed by atoms with E-state index in [1.165, 1.54) is 0 Å². The average molecular weight is 285 g/mol. The summed E-state index contributed by atoms with van der Waals surface area (Å²) in [6.07, 6.45) is 1.08. The fourth-order valence-electron chi connectivity index (χ4n) is 2.10. The molecule has 1 aromatic rings. The van der Waals surface area contributed by atoms with Gasteiger partial charge in [0, 0.05) is 29.8 Å². The number of likely N-dealkylation sites (N-methyl/N-ethyl adjacent to an activating group) is 1. The van der Waals surface area contributed by atoms with Crippen molar-refractivity contribution in [2.75, 3.05) is 20.3 Å². The predicted octanol–water partition coefficient (Wildman–Crippen LogP) is 2.19. The van der Waals surface area contributed by atoms with E-state index in [0.717, 1.165) is 37.3 Å². The molecule has 0 bridgehead atoms. The minimum Gasteiger partial charge on any atom is -0.389 e. The second-order valence-corrected chi connectivity index (χ2v) is 5.45. The van der Waals surface area contributed by atoms with Crippen LogP contribution in [0.5, 0.6) is 0 Å². The van der Waals surface area contributed by atoms with Crippen LogP contribution in [0.15, 0.2) is 18.2 Å². The first-order valence-electron chi connectivity index (χ1n) is 5.94. The molecule has 0 saturated carbocycles. The summed E-state index contributed by atoms with van der Waals surface area (Å²) in [4.78, 5) is 2.65. The molecule has 1 unspecified atom stereocenters. The monoisotopic (exact) mass is 284 g/mol. The van der Waals surface area contributed by atoms with Gasteiger partial charge in [0.25, 0.3) is 0 Å². The Hall–Kier alpha value is -0.680. The third-order valence-corrected chi connectivity index (χ3v) is 3.87. The van der Waals surface area contributed by atoms with Gasteiger partial charge >= 0.3 is 0 Å². The fourth-order valence-corrected chi connectivity index (χ4v) is 2.46. The first kappa shape index (κ1) is 13.7. The zero-order valence-corrected chi connectivity index (χ0v) is 11.9. The summed E-state index contributed by atoms with van der Waals surface area (Å²) >= 11 is 11.2. The molecule has 3 nitrogen and oxygen atoms in total. The minimum absolute atomic E-state index is 0.376. The van der Waals surface area contributed by atoms with E-state index in [4.69, 9.17) is 34.3 Å². The van der Waals surface area contributed by atoms with Gasteiger partial charge in [0.2, 0.25) is 0 Å². The molecule has 1 heterocycles. The van der Waals surface area contributed by atoms with E-state index < -0.39 is 0 Å². The Bertz CT molecular complexity index is 447. The SMILES string of the molecule is CN(Cc1ccc(C(N)=S)cc1Cl)C1CCOC1. The molecule has 1 fully saturated rings. The van der Waals surface area contributed by atoms with Crippen LogP contribution in [-0.4, -0.2) is 36.2 Å². The molecule has 1 atom stereocenters. The summed E-state index contributed by atoms with van der Waals surface area (Å²) in [5, 5.41) is 0.714. The van der Waals surface area contributed by atoms with Crippen molar-refractivity contribution in [2.24, 2.45) is 5.73 Å². The Labute approximate surface area is 118 Å². The molecule has 0 aromatic heterocycles. The van der Waals surface area contributed by atoms with Crippen molar-refractivity contribution in [3.8, 4) is 0 Å². The standard InChI is InChI=1S/C13H17ClN2OS/c1-16(11-4-5-17-8-11)7-10-3-2-9(13(15)18)6-12(10)14/h2-3,6,11H,4-5,7-8H2,1H3,(H2,15,18). The molecule has 1 saturated heterocycles. The number of hydrogen-bond acceptors (Lipinski definition) is 3. The molecule has 1 aliphatic rings. The highest BCUT2D eigenvalue weighted by Crippen LogP contribution is 2.21. The lowest BCUT2D eigenvalue weighted by Gasteiger charge is -2.23. The molecular weight excluding hydrogens is 268 g/mol. The topological polar surface area (TPSA) is 38.5 Å². The van der Waals surface area contributed by atoms with Crippen molar-refractivity contribution < 1.29 is 4.74 Å². The van der Waals surface area contributed by atoms with E-state index in [0.29, 0.717) is 16.1 Å². The van der Waals surface area contributed by atoms with Crippen LogP contribution in [-0.2, 0) is 11.3 Å². The summed E-state index contributed by atoms with van der Waals surface area (Å²) in [5.74, 6) is 0. The van der Waals surface area contributed by atoms with Gasteiger partial charge < -0.3 is 10.5 Å². The second kappa shape index (κ2) is 5.97. The molecule has 0 amide bonds. The normalized spacial score (nSPS) is 19.4. The summed E-state index contributed by atoms with van der Waals surface area (Å²) in [6.45, 7) is 2.46. The van der Waals surface area contributed by atoms with Crippen LogP contribution in [0, 0.1) is 0 Å². The Balaban J connectivity index is 2.06. The van der Waals surface area contributed by atoms with Crippen molar-refractivity contribution >= 4 is 28.8 Å². The number of halogens is 1. The van der Waals surface area contributed by atoms with Gasteiger partial charge in [0.05, 0.1) is 6.61 Å². The van der Waals surface area contributed by atoms with E-state index in [9.17, 15) is 0 Å². The number of nitrogens with zero attached hydrogens (tertiary/aromatic N) is 1. The van der Waals surface area contributed by atoms with Crippen molar-refractivity contribution in [1.82, 2.24) is 4.90 Å². The minimum atomic E-state index is 0.376. The van der Waals surface area contributed by atoms with Gasteiger partial charge in [-0.15, -0.1) is 0 Å². The van der Waals surface area contributed by atoms with Crippen molar-refractivity contribution in [3.63, 3.8) is 0 Å². The summed E-state index contributed by atoms with van der Waals surface area (Å²) in [5.41, 5.74) is 7.48. The Morgan fingerprint density at radius 1 is 1.61 bits per heavy atom. The van der Waals surface area contributed by atoms with Crippen molar-refractivity contribution in [2.45, 2.75) is 19.0 Å². The van der Waals surface area contributed by atoms with Crippen LogP contribution in [0.4, 0.5) is 0 Å². The Kier molecular flexibility index (Phi) is 4.56. The third kappa shape index (κ3) is 3.20. The quantitative estimate of drug-likeness (QED) is 0.861. The van der Waals surface area contributed by atoms with Gasteiger partial charge in [-0.25, -0.2) is 0 Å². The first-order chi connectivity index (χ1) is 8.58. The number of ether oxygens (including phenoxy) is 1. The number of hydrogen-bond donors (Lipinski definition) is 1. The maximum Gasteiger partial charge on any atom is 0.104 e. The zero-order chi connectivity index (χ0) is 13.1. The van der Waals surface area contributed by atoms with Crippen LogP contribution in [0.3, 0.4) is 0 Å². The van der Waals surface area contributed by atoms with Crippen LogP contribution in [0.2, 0.25) is 5.02 Å². The molecule has 1 aromatic carbocycles. The molecular formula is C13H17ClN2OS. The van der Waals surface area contributed by atoms with Gasteiger partial charge in [-0.3, -0.25) is 4.90 Å². The van der Waals surface area contributed by atoms with Crippen LogP contribution < -0.4 is 5.73 Å². The highest BCUT2D eigenvalue weighted by molar-refractivity contribution is 7.80. The van der Waals surface area contributed by atoms with Gasteiger partial charge in [0.15, 0.2) is 0 Å². The van der Waals surface area contributed by atoms with Crippen LogP contribution in [0.1, 0.15) is 17.5 Å². The lowest BCUT2D eigenvalue weighted by atomic mass is 10.1. The molecule has 0 spiro atoms. The second-order valence-electron chi connectivity index (χ2n) is 4.60. The van der Waals surface area contributed by atoms with Gasteiger partial charge in [-0.1, -0.05) is 36.0 Å². The van der Waals surface area contributed by atoms with Crippen LogP contribution in [0.25, 0.3) is 0 Å². The van der Waals surface area contributed by atoms with E-state index in [1.807, 2.05) is 18.2 Å².